The summed E-state index contributed by atoms with van der Waals surface area (Å²) in [7, 11) is -3.69. The minimum atomic E-state index is -3.69. The van der Waals surface area contributed by atoms with E-state index in [4.69, 9.17) is 0 Å². The van der Waals surface area contributed by atoms with Gasteiger partial charge in [0.05, 0.1) is 11.9 Å². The van der Waals surface area contributed by atoms with Crippen molar-refractivity contribution >= 4 is 31.6 Å². The molecule has 2 heterocycles. The van der Waals surface area contributed by atoms with Gasteiger partial charge in [-0.15, -0.1) is 0 Å². The summed E-state index contributed by atoms with van der Waals surface area (Å²) in [6.07, 6.45) is 2.98. The van der Waals surface area contributed by atoms with Gasteiger partial charge in [0.15, 0.2) is 5.03 Å². The number of aromatic nitrogens is 3. The van der Waals surface area contributed by atoms with Crippen molar-refractivity contribution in [2.24, 2.45) is 0 Å². The molecular weight excluding hydrogens is 344 g/mol. The smallest absolute Gasteiger partial charge is 0.281 e. The second-order valence-electron chi connectivity index (χ2n) is 4.35. The molecule has 0 unspecified atom stereocenters. The van der Waals surface area contributed by atoms with Crippen molar-refractivity contribution in [3.8, 4) is 0 Å². The number of imidazole rings is 1. The lowest BCUT2D eigenvalue weighted by atomic mass is 10.3. The maximum absolute atomic E-state index is 12.3. The number of aryl methyl sites for hydroxylation is 3. The monoisotopic (exact) mass is 358 g/mol. The van der Waals surface area contributed by atoms with E-state index in [-0.39, 0.29) is 5.03 Å². The number of sulfonamides is 1. The van der Waals surface area contributed by atoms with Gasteiger partial charge in [-0.3, -0.25) is 4.72 Å². The quantitative estimate of drug-likeness (QED) is 0.851. The summed E-state index contributed by atoms with van der Waals surface area (Å²) in [5, 5.41) is 0.0115. The molecule has 0 saturated carbocycles. The summed E-state index contributed by atoms with van der Waals surface area (Å²) >= 11 is 3.27. The predicted octanol–water partition coefficient (Wildman–Crippen LogP) is 2.48. The van der Waals surface area contributed by atoms with Gasteiger partial charge < -0.3 is 4.57 Å². The normalized spacial score (nSPS) is 11.6. The molecule has 0 fully saturated rings. The van der Waals surface area contributed by atoms with Crippen LogP contribution in [0.1, 0.15) is 18.3 Å². The number of pyridine rings is 1. The van der Waals surface area contributed by atoms with Crippen molar-refractivity contribution < 1.29 is 8.42 Å². The first-order valence-electron chi connectivity index (χ1n) is 6.02. The molecule has 6 nitrogen and oxygen atoms in total. The van der Waals surface area contributed by atoms with E-state index in [0.29, 0.717) is 22.7 Å². The van der Waals surface area contributed by atoms with Crippen molar-refractivity contribution in [2.75, 3.05) is 4.72 Å². The van der Waals surface area contributed by atoms with Crippen LogP contribution in [0.3, 0.4) is 0 Å². The number of hydrogen-bond acceptors (Lipinski definition) is 4. The highest BCUT2D eigenvalue weighted by atomic mass is 79.9. The second kappa shape index (κ2) is 5.53. The van der Waals surface area contributed by atoms with E-state index in [1.54, 1.807) is 17.6 Å². The summed E-state index contributed by atoms with van der Waals surface area (Å²) in [6, 6.07) is 1.71. The van der Waals surface area contributed by atoms with Gasteiger partial charge in [0.1, 0.15) is 10.4 Å². The lowest BCUT2D eigenvalue weighted by Gasteiger charge is -2.06. The van der Waals surface area contributed by atoms with Crippen molar-refractivity contribution in [2.45, 2.75) is 32.3 Å². The standard InChI is InChI=1S/C12H15BrN4O2S/c1-4-17-7-11(15-9(17)3)20(18,19)16-10-5-8(2)12(13)14-6-10/h5-7,16H,4H2,1-3H3. The Hall–Kier alpha value is -1.41. The van der Waals surface area contributed by atoms with Gasteiger partial charge in [-0.25, -0.2) is 9.97 Å². The Morgan fingerprint density at radius 1 is 1.40 bits per heavy atom. The second-order valence-corrected chi connectivity index (χ2v) is 6.73. The fourth-order valence-corrected chi connectivity index (χ4v) is 3.01. The average molecular weight is 359 g/mol. The Labute approximate surface area is 126 Å². The van der Waals surface area contributed by atoms with Gasteiger partial charge in [0, 0.05) is 12.7 Å². The summed E-state index contributed by atoms with van der Waals surface area (Å²) < 4.78 is 29.5. The first kappa shape index (κ1) is 15.0. The summed E-state index contributed by atoms with van der Waals surface area (Å²) in [6.45, 7) is 6.21. The molecule has 108 valence electrons. The largest absolute Gasteiger partial charge is 0.334 e. The average Bonchev–Trinajstić information content (AvgIpc) is 2.76. The molecule has 0 amide bonds. The molecule has 2 aromatic heterocycles. The molecule has 0 aromatic carbocycles. The molecule has 0 aliphatic heterocycles. The number of nitrogens with zero attached hydrogens (tertiary/aromatic N) is 3. The Bertz CT molecular complexity index is 740. The third-order valence-electron chi connectivity index (χ3n) is 2.84. The van der Waals surface area contributed by atoms with Crippen molar-refractivity contribution in [3.63, 3.8) is 0 Å². The number of halogens is 1. The molecule has 0 spiro atoms. The zero-order valence-electron chi connectivity index (χ0n) is 11.4. The highest BCUT2D eigenvalue weighted by molar-refractivity contribution is 9.10. The first-order valence-corrected chi connectivity index (χ1v) is 8.30. The van der Waals surface area contributed by atoms with E-state index >= 15 is 0 Å². The lowest BCUT2D eigenvalue weighted by molar-refractivity contribution is 0.598. The number of anilines is 1. The van der Waals surface area contributed by atoms with Crippen LogP contribution in [0, 0.1) is 13.8 Å². The van der Waals surface area contributed by atoms with Gasteiger partial charge in [-0.1, -0.05) is 0 Å². The van der Waals surface area contributed by atoms with Gasteiger partial charge in [-0.2, -0.15) is 8.42 Å². The van der Waals surface area contributed by atoms with Crippen LogP contribution < -0.4 is 4.72 Å². The molecule has 0 saturated heterocycles. The zero-order valence-corrected chi connectivity index (χ0v) is 13.8. The Kier molecular flexibility index (Phi) is 4.14. The topological polar surface area (TPSA) is 76.9 Å². The summed E-state index contributed by atoms with van der Waals surface area (Å²) in [4.78, 5) is 8.13. The van der Waals surface area contributed by atoms with E-state index < -0.39 is 10.0 Å². The minimum Gasteiger partial charge on any atom is -0.334 e. The van der Waals surface area contributed by atoms with Gasteiger partial charge in [-0.05, 0) is 48.3 Å². The number of rotatable bonds is 4. The van der Waals surface area contributed by atoms with E-state index in [2.05, 4.69) is 30.6 Å². The summed E-state index contributed by atoms with van der Waals surface area (Å²) in [5.74, 6) is 0.665. The molecule has 8 heteroatoms. The first-order chi connectivity index (χ1) is 9.33. The van der Waals surface area contributed by atoms with E-state index in [9.17, 15) is 8.42 Å². The van der Waals surface area contributed by atoms with Gasteiger partial charge in [0.2, 0.25) is 0 Å². The SMILES string of the molecule is CCn1cc(S(=O)(=O)Nc2cnc(Br)c(C)c2)nc1C. The maximum Gasteiger partial charge on any atom is 0.281 e. The minimum absolute atomic E-state index is 0.0115. The highest BCUT2D eigenvalue weighted by Crippen LogP contribution is 2.20. The van der Waals surface area contributed by atoms with Crippen LogP contribution in [0.15, 0.2) is 28.1 Å². The van der Waals surface area contributed by atoms with Crippen LogP contribution in [0.5, 0.6) is 0 Å². The molecule has 0 atom stereocenters. The molecule has 2 rings (SSSR count). The lowest BCUT2D eigenvalue weighted by Crippen LogP contribution is -2.13. The molecule has 0 radical (unpaired) electrons. The van der Waals surface area contributed by atoms with E-state index in [0.717, 1.165) is 5.56 Å². The van der Waals surface area contributed by atoms with E-state index in [1.165, 1.54) is 12.4 Å². The van der Waals surface area contributed by atoms with Crippen molar-refractivity contribution in [1.82, 2.24) is 14.5 Å². The van der Waals surface area contributed by atoms with Crippen molar-refractivity contribution in [1.29, 1.82) is 0 Å². The van der Waals surface area contributed by atoms with Gasteiger partial charge in [0.25, 0.3) is 10.0 Å². The van der Waals surface area contributed by atoms with Crippen LogP contribution in [0.25, 0.3) is 0 Å². The Morgan fingerprint density at radius 3 is 2.65 bits per heavy atom. The zero-order chi connectivity index (χ0) is 14.9. The molecule has 20 heavy (non-hydrogen) atoms. The third kappa shape index (κ3) is 3.01. The molecule has 1 N–H and O–H groups in total. The van der Waals surface area contributed by atoms with Crippen LogP contribution in [0.2, 0.25) is 0 Å². The molecule has 0 aliphatic carbocycles. The third-order valence-corrected chi connectivity index (χ3v) is 4.92. The van der Waals surface area contributed by atoms with Crippen molar-refractivity contribution in [3.05, 3.63) is 34.5 Å². The maximum atomic E-state index is 12.3. The van der Waals surface area contributed by atoms with Crippen LogP contribution in [-0.4, -0.2) is 23.0 Å². The fourth-order valence-electron chi connectivity index (χ4n) is 1.75. The predicted molar refractivity (Wildman–Crippen MR) is 80.1 cm³/mol. The molecular formula is C12H15BrN4O2S. The highest BCUT2D eigenvalue weighted by Gasteiger charge is 2.19. The number of hydrogen-bond donors (Lipinski definition) is 1. The summed E-state index contributed by atoms with van der Waals surface area (Å²) in [5.41, 5.74) is 1.26. The molecule has 0 aliphatic rings. The van der Waals surface area contributed by atoms with Crippen LogP contribution >= 0.6 is 15.9 Å². The number of nitrogens with one attached hydrogen (secondary N) is 1. The van der Waals surface area contributed by atoms with Crippen LogP contribution in [0.4, 0.5) is 5.69 Å². The molecule has 2 aromatic rings. The van der Waals surface area contributed by atoms with Gasteiger partial charge >= 0.3 is 0 Å². The molecule has 0 bridgehead atoms. The Balaban J connectivity index is 2.32. The van der Waals surface area contributed by atoms with E-state index in [1.807, 2.05) is 13.8 Å². The van der Waals surface area contributed by atoms with Crippen LogP contribution in [-0.2, 0) is 16.6 Å². The fraction of sp³-hybridized carbons (Fsp3) is 0.333. The Morgan fingerprint density at radius 2 is 2.10 bits per heavy atom.